The molecule has 1 aliphatic heterocycles. The van der Waals surface area contributed by atoms with Crippen LogP contribution in [0.25, 0.3) is 33.9 Å². The molecule has 0 unspecified atom stereocenters. The fourth-order valence-electron chi connectivity index (χ4n) is 3.53. The van der Waals surface area contributed by atoms with E-state index in [-0.39, 0.29) is 5.91 Å². The second-order valence-corrected chi connectivity index (χ2v) is 8.02. The Morgan fingerprint density at radius 1 is 1.13 bits per heavy atom. The topological polar surface area (TPSA) is 99.2 Å². The summed E-state index contributed by atoms with van der Waals surface area (Å²) in [6.07, 6.45) is 0.375. The van der Waals surface area contributed by atoms with E-state index in [1.165, 1.54) is 0 Å². The zero-order chi connectivity index (χ0) is 21.2. The lowest BCUT2D eigenvalue weighted by Gasteiger charge is -2.26. The first-order valence-electron chi connectivity index (χ1n) is 9.97. The number of carbonyl (C=O) groups is 1. The molecule has 31 heavy (non-hydrogen) atoms. The minimum atomic E-state index is 0.106. The predicted octanol–water partition coefficient (Wildman–Crippen LogP) is 3.16. The van der Waals surface area contributed by atoms with Gasteiger partial charge in [0.15, 0.2) is 0 Å². The molecular weight excluding hydrogens is 464 g/mol. The standard InChI is InChI=1S/C21H19BrN6O3/c22-16-4-2-1-3-15(16)21-23-20(25-31-21)14-5-6-18-17(13-14)24-26-28(18)8-7-19(29)27-9-11-30-12-10-27/h1-6,13H,7-12H2. The summed E-state index contributed by atoms with van der Waals surface area (Å²) in [5.74, 6) is 1.02. The highest BCUT2D eigenvalue weighted by Gasteiger charge is 2.18. The maximum atomic E-state index is 12.4. The van der Waals surface area contributed by atoms with Crippen LogP contribution in [0.4, 0.5) is 0 Å². The van der Waals surface area contributed by atoms with Crippen molar-refractivity contribution in [1.82, 2.24) is 30.0 Å². The molecule has 1 saturated heterocycles. The van der Waals surface area contributed by atoms with Crippen LogP contribution in [0, 0.1) is 0 Å². The predicted molar refractivity (Wildman–Crippen MR) is 116 cm³/mol. The molecule has 3 heterocycles. The number of benzene rings is 2. The van der Waals surface area contributed by atoms with Crippen molar-refractivity contribution in [2.24, 2.45) is 0 Å². The molecular formula is C21H19BrN6O3. The Kier molecular flexibility index (Phi) is 5.47. The van der Waals surface area contributed by atoms with E-state index in [0.29, 0.717) is 56.5 Å². The Morgan fingerprint density at radius 2 is 1.97 bits per heavy atom. The third-order valence-electron chi connectivity index (χ3n) is 5.20. The van der Waals surface area contributed by atoms with E-state index in [1.54, 1.807) is 4.68 Å². The molecule has 10 heteroatoms. The molecule has 2 aromatic carbocycles. The van der Waals surface area contributed by atoms with E-state index in [9.17, 15) is 4.79 Å². The maximum Gasteiger partial charge on any atom is 0.259 e. The van der Waals surface area contributed by atoms with Crippen LogP contribution in [0.5, 0.6) is 0 Å². The summed E-state index contributed by atoms with van der Waals surface area (Å²) in [4.78, 5) is 18.7. The van der Waals surface area contributed by atoms with Crippen molar-refractivity contribution in [3.05, 3.63) is 46.9 Å². The van der Waals surface area contributed by atoms with E-state index < -0.39 is 0 Å². The monoisotopic (exact) mass is 482 g/mol. The van der Waals surface area contributed by atoms with Gasteiger partial charge in [-0.25, -0.2) is 4.68 Å². The molecule has 0 saturated carbocycles. The van der Waals surface area contributed by atoms with Gasteiger partial charge in [-0.1, -0.05) is 22.5 Å². The van der Waals surface area contributed by atoms with Gasteiger partial charge in [-0.3, -0.25) is 4.79 Å². The second kappa shape index (κ2) is 8.56. The zero-order valence-corrected chi connectivity index (χ0v) is 18.2. The Balaban J connectivity index is 1.33. The van der Waals surface area contributed by atoms with E-state index in [2.05, 4.69) is 36.4 Å². The fourth-order valence-corrected chi connectivity index (χ4v) is 3.99. The molecule has 0 aliphatic carbocycles. The Bertz CT molecular complexity index is 1230. The molecule has 9 nitrogen and oxygen atoms in total. The summed E-state index contributed by atoms with van der Waals surface area (Å²) < 4.78 is 13.4. The first kappa shape index (κ1) is 19.8. The summed E-state index contributed by atoms with van der Waals surface area (Å²) in [5, 5.41) is 12.6. The van der Waals surface area contributed by atoms with Gasteiger partial charge in [0.05, 0.1) is 30.8 Å². The number of amides is 1. The van der Waals surface area contributed by atoms with Gasteiger partial charge < -0.3 is 14.2 Å². The van der Waals surface area contributed by atoms with Gasteiger partial charge in [-0.2, -0.15) is 4.98 Å². The summed E-state index contributed by atoms with van der Waals surface area (Å²) in [6.45, 7) is 2.96. The number of morpholine rings is 1. The number of halogens is 1. The van der Waals surface area contributed by atoms with Gasteiger partial charge in [0, 0.05) is 29.5 Å². The van der Waals surface area contributed by atoms with Gasteiger partial charge in [-0.05, 0) is 46.3 Å². The summed E-state index contributed by atoms with van der Waals surface area (Å²) in [7, 11) is 0. The number of hydrogen-bond acceptors (Lipinski definition) is 7. The fraction of sp³-hybridized carbons (Fsp3) is 0.286. The third-order valence-corrected chi connectivity index (χ3v) is 5.90. The number of rotatable bonds is 5. The first-order valence-corrected chi connectivity index (χ1v) is 10.8. The van der Waals surface area contributed by atoms with Crippen molar-refractivity contribution in [3.8, 4) is 22.8 Å². The molecule has 5 rings (SSSR count). The number of fused-ring (bicyclic) bond motifs is 1. The number of hydrogen-bond donors (Lipinski definition) is 0. The highest BCUT2D eigenvalue weighted by Crippen LogP contribution is 2.29. The number of ether oxygens (including phenoxy) is 1. The van der Waals surface area contributed by atoms with Gasteiger partial charge >= 0.3 is 0 Å². The van der Waals surface area contributed by atoms with Crippen molar-refractivity contribution in [2.45, 2.75) is 13.0 Å². The average Bonchev–Trinajstić information content (AvgIpc) is 3.45. The first-order chi connectivity index (χ1) is 15.2. The van der Waals surface area contributed by atoms with Crippen LogP contribution in [0.1, 0.15) is 6.42 Å². The molecule has 158 valence electrons. The van der Waals surface area contributed by atoms with Crippen molar-refractivity contribution in [2.75, 3.05) is 26.3 Å². The number of aromatic nitrogens is 5. The lowest BCUT2D eigenvalue weighted by molar-refractivity contribution is -0.135. The van der Waals surface area contributed by atoms with Gasteiger partial charge in [0.2, 0.25) is 11.7 Å². The minimum absolute atomic E-state index is 0.106. The second-order valence-electron chi connectivity index (χ2n) is 7.16. The summed E-state index contributed by atoms with van der Waals surface area (Å²) >= 11 is 3.50. The summed E-state index contributed by atoms with van der Waals surface area (Å²) in [6, 6.07) is 13.4. The maximum absolute atomic E-state index is 12.4. The Labute approximate surface area is 186 Å². The van der Waals surface area contributed by atoms with Crippen molar-refractivity contribution >= 4 is 32.9 Å². The molecule has 0 radical (unpaired) electrons. The van der Waals surface area contributed by atoms with E-state index >= 15 is 0 Å². The van der Waals surface area contributed by atoms with Crippen LogP contribution < -0.4 is 0 Å². The van der Waals surface area contributed by atoms with Gasteiger partial charge in [0.1, 0.15) is 5.52 Å². The Morgan fingerprint density at radius 3 is 2.81 bits per heavy atom. The molecule has 0 N–H and O–H groups in total. The van der Waals surface area contributed by atoms with Crippen molar-refractivity contribution < 1.29 is 14.1 Å². The van der Waals surface area contributed by atoms with E-state index in [0.717, 1.165) is 21.1 Å². The normalized spacial score (nSPS) is 14.3. The Hall–Kier alpha value is -3.11. The molecule has 0 spiro atoms. The number of carbonyl (C=O) groups excluding carboxylic acids is 1. The molecule has 1 amide bonds. The molecule has 4 aromatic rings. The summed E-state index contributed by atoms with van der Waals surface area (Å²) in [5.41, 5.74) is 3.18. The molecule has 2 aromatic heterocycles. The SMILES string of the molecule is O=C(CCn1nnc2cc(-c3noc(-c4ccccc4Br)n3)ccc21)N1CCOCC1. The van der Waals surface area contributed by atoms with E-state index in [1.807, 2.05) is 47.4 Å². The highest BCUT2D eigenvalue weighted by atomic mass is 79.9. The van der Waals surface area contributed by atoms with Crippen LogP contribution in [0.2, 0.25) is 0 Å². The third kappa shape index (κ3) is 4.08. The van der Waals surface area contributed by atoms with Crippen LogP contribution >= 0.6 is 15.9 Å². The minimum Gasteiger partial charge on any atom is -0.378 e. The molecule has 1 fully saturated rings. The lowest BCUT2D eigenvalue weighted by Crippen LogP contribution is -2.41. The van der Waals surface area contributed by atoms with Crippen molar-refractivity contribution in [3.63, 3.8) is 0 Å². The average molecular weight is 483 g/mol. The number of aryl methyl sites for hydroxylation is 1. The van der Waals surface area contributed by atoms with Crippen LogP contribution in [-0.2, 0) is 16.1 Å². The van der Waals surface area contributed by atoms with E-state index in [4.69, 9.17) is 9.26 Å². The largest absolute Gasteiger partial charge is 0.378 e. The smallest absolute Gasteiger partial charge is 0.259 e. The van der Waals surface area contributed by atoms with Crippen LogP contribution in [0.15, 0.2) is 51.5 Å². The van der Waals surface area contributed by atoms with Gasteiger partial charge in [0.25, 0.3) is 5.89 Å². The zero-order valence-electron chi connectivity index (χ0n) is 16.6. The molecule has 0 bridgehead atoms. The van der Waals surface area contributed by atoms with Gasteiger partial charge in [-0.15, -0.1) is 5.10 Å². The van der Waals surface area contributed by atoms with Crippen LogP contribution in [-0.4, -0.2) is 62.2 Å². The molecule has 1 aliphatic rings. The van der Waals surface area contributed by atoms with Crippen LogP contribution in [0.3, 0.4) is 0 Å². The lowest BCUT2D eigenvalue weighted by atomic mass is 10.2. The van der Waals surface area contributed by atoms with Crippen molar-refractivity contribution in [1.29, 1.82) is 0 Å². The highest BCUT2D eigenvalue weighted by molar-refractivity contribution is 9.10. The number of nitrogens with zero attached hydrogens (tertiary/aromatic N) is 6. The quantitative estimate of drug-likeness (QED) is 0.430. The molecule has 0 atom stereocenters.